The van der Waals surface area contributed by atoms with Crippen LogP contribution < -0.4 is 0 Å². The average molecular weight is 477 g/mol. The van der Waals surface area contributed by atoms with Crippen molar-refractivity contribution in [3.63, 3.8) is 0 Å². The second-order valence-corrected chi connectivity index (χ2v) is 8.37. The molecule has 2 atom stereocenters. The first-order valence-electron chi connectivity index (χ1n) is 9.93. The third-order valence-corrected chi connectivity index (χ3v) is 6.26. The molecule has 1 aromatic carbocycles. The Hall–Kier alpha value is -2.91. The lowest BCUT2D eigenvalue weighted by molar-refractivity contribution is 0.0770. The normalized spacial score (nSPS) is 19.9. The van der Waals surface area contributed by atoms with E-state index in [1.54, 1.807) is 19.1 Å². The maximum Gasteiger partial charge on any atom is 0.293 e. The minimum atomic E-state index is -1.06. The zero-order chi connectivity index (χ0) is 22.6. The topological polar surface area (TPSA) is 76.3 Å². The van der Waals surface area contributed by atoms with Crippen molar-refractivity contribution >= 4 is 34.8 Å². The molecular weight excluding hydrogens is 461 g/mol. The van der Waals surface area contributed by atoms with Crippen LogP contribution >= 0.6 is 23.2 Å². The Morgan fingerprint density at radius 1 is 1.25 bits per heavy atom. The minimum Gasteiger partial charge on any atom is -0.333 e. The van der Waals surface area contributed by atoms with Gasteiger partial charge in [-0.3, -0.25) is 14.8 Å². The van der Waals surface area contributed by atoms with Crippen LogP contribution in [0.1, 0.15) is 47.1 Å². The Balaban J connectivity index is 1.69. The molecule has 5 rings (SSSR count). The molecule has 1 amide bonds. The summed E-state index contributed by atoms with van der Waals surface area (Å²) in [5.74, 6) is -0.742. The number of benzene rings is 1. The Morgan fingerprint density at radius 3 is 2.78 bits per heavy atom. The molecule has 0 N–H and O–H groups in total. The highest BCUT2D eigenvalue weighted by molar-refractivity contribution is 6.45. The fourth-order valence-corrected chi connectivity index (χ4v) is 4.31. The van der Waals surface area contributed by atoms with Crippen molar-refractivity contribution in [2.75, 3.05) is 13.1 Å². The Labute approximate surface area is 191 Å². The summed E-state index contributed by atoms with van der Waals surface area (Å²) in [6, 6.07) is 5.37. The number of aliphatic imine (C=N–C) groups is 1. The van der Waals surface area contributed by atoms with Gasteiger partial charge in [0.2, 0.25) is 5.82 Å². The van der Waals surface area contributed by atoms with Crippen molar-refractivity contribution < 1.29 is 13.6 Å². The molecule has 4 heterocycles. The second kappa shape index (κ2) is 7.90. The van der Waals surface area contributed by atoms with Crippen molar-refractivity contribution in [3.8, 4) is 5.69 Å². The predicted octanol–water partition coefficient (Wildman–Crippen LogP) is 4.20. The van der Waals surface area contributed by atoms with Crippen LogP contribution in [0.4, 0.5) is 8.78 Å². The monoisotopic (exact) mass is 476 g/mol. The third kappa shape index (κ3) is 3.36. The summed E-state index contributed by atoms with van der Waals surface area (Å²) in [6.07, 6.45) is 0.687. The summed E-state index contributed by atoms with van der Waals surface area (Å²) in [6.45, 7) is 2.06. The van der Waals surface area contributed by atoms with E-state index in [0.717, 1.165) is 0 Å². The predicted molar refractivity (Wildman–Crippen MR) is 115 cm³/mol. The molecule has 0 spiro atoms. The van der Waals surface area contributed by atoms with E-state index in [-0.39, 0.29) is 40.2 Å². The molecule has 2 aliphatic heterocycles. The number of pyridine rings is 1. The van der Waals surface area contributed by atoms with E-state index in [9.17, 15) is 13.6 Å². The van der Waals surface area contributed by atoms with Gasteiger partial charge in [-0.05, 0) is 37.6 Å². The molecule has 0 bridgehead atoms. The van der Waals surface area contributed by atoms with Crippen LogP contribution in [0.3, 0.4) is 0 Å². The summed E-state index contributed by atoms with van der Waals surface area (Å²) < 4.78 is 29.7. The highest BCUT2D eigenvalue weighted by atomic mass is 35.5. The van der Waals surface area contributed by atoms with Crippen molar-refractivity contribution in [1.29, 1.82) is 0 Å². The number of carbonyl (C=O) groups is 1. The van der Waals surface area contributed by atoms with Crippen molar-refractivity contribution in [2.45, 2.75) is 25.6 Å². The van der Waals surface area contributed by atoms with Gasteiger partial charge >= 0.3 is 0 Å². The Morgan fingerprint density at radius 2 is 2.06 bits per heavy atom. The quantitative estimate of drug-likeness (QED) is 0.555. The van der Waals surface area contributed by atoms with Gasteiger partial charge in [-0.2, -0.15) is 0 Å². The molecule has 11 heteroatoms. The smallest absolute Gasteiger partial charge is 0.293 e. The fraction of sp³-hybridized carbons (Fsp3) is 0.286. The number of alkyl halides is 1. The van der Waals surface area contributed by atoms with Gasteiger partial charge in [0.1, 0.15) is 17.9 Å². The first-order valence-corrected chi connectivity index (χ1v) is 10.7. The van der Waals surface area contributed by atoms with E-state index in [4.69, 9.17) is 23.2 Å². The zero-order valence-corrected chi connectivity index (χ0v) is 18.3. The number of halogens is 4. The molecule has 1 saturated heterocycles. The molecule has 0 saturated carbocycles. The molecular formula is C21H16Cl2F2N6O. The van der Waals surface area contributed by atoms with Crippen LogP contribution in [0.15, 0.2) is 35.5 Å². The van der Waals surface area contributed by atoms with Crippen LogP contribution in [0, 0.1) is 5.82 Å². The van der Waals surface area contributed by atoms with E-state index in [2.05, 4.69) is 20.1 Å². The lowest BCUT2D eigenvalue weighted by atomic mass is 10.0. The molecule has 1 fully saturated rings. The second-order valence-electron chi connectivity index (χ2n) is 7.59. The number of nitrogens with zero attached hydrogens (tertiary/aromatic N) is 6. The van der Waals surface area contributed by atoms with E-state index in [0.29, 0.717) is 23.6 Å². The maximum atomic E-state index is 14.7. The Kier molecular flexibility index (Phi) is 5.17. The van der Waals surface area contributed by atoms with Gasteiger partial charge in [-0.25, -0.2) is 18.4 Å². The van der Waals surface area contributed by atoms with E-state index >= 15 is 0 Å². The summed E-state index contributed by atoms with van der Waals surface area (Å²) in [5, 5.41) is 4.79. The largest absolute Gasteiger partial charge is 0.333 e. The fourth-order valence-electron chi connectivity index (χ4n) is 3.90. The third-order valence-electron chi connectivity index (χ3n) is 5.46. The summed E-state index contributed by atoms with van der Waals surface area (Å²) >= 11 is 12.8. The number of rotatable bonds is 2. The number of amides is 1. The summed E-state index contributed by atoms with van der Waals surface area (Å²) in [7, 11) is 0. The zero-order valence-electron chi connectivity index (χ0n) is 16.8. The van der Waals surface area contributed by atoms with Gasteiger partial charge in [0.25, 0.3) is 5.91 Å². The first-order chi connectivity index (χ1) is 15.3. The standard InChI is InChI=1S/C21H16Cl2F2N6O/c1-10-20-28-19(21(32)30-8-6-11(24)9-30)29-31(20)14-5-4-12(22)16(23)15(14)18(27-10)17-13(25)3-2-7-26-17/h2-5,7,10-11H,6,8-9H2,1H3/t10-,11+/m0/s1. The van der Waals surface area contributed by atoms with Crippen LogP contribution in [0.2, 0.25) is 10.0 Å². The molecule has 164 valence electrons. The number of aromatic nitrogens is 4. The SMILES string of the molecule is C[C@@H]1N=C(c2ncccc2F)c2c(ccc(Cl)c2Cl)-n2nc(C(=O)N3CC[C@@H](F)C3)nc21. The first kappa shape index (κ1) is 21.0. The molecule has 7 nitrogen and oxygen atoms in total. The van der Waals surface area contributed by atoms with E-state index < -0.39 is 23.9 Å². The highest BCUT2D eigenvalue weighted by Gasteiger charge is 2.34. The van der Waals surface area contributed by atoms with Crippen molar-refractivity contribution in [3.05, 3.63) is 69.2 Å². The lowest BCUT2D eigenvalue weighted by Crippen LogP contribution is -2.30. The van der Waals surface area contributed by atoms with Crippen LogP contribution in [-0.4, -0.2) is 55.5 Å². The molecule has 32 heavy (non-hydrogen) atoms. The molecule has 0 radical (unpaired) electrons. The molecule has 0 aliphatic carbocycles. The summed E-state index contributed by atoms with van der Waals surface area (Å²) in [4.78, 5) is 27.4. The van der Waals surface area contributed by atoms with Gasteiger partial charge in [0.05, 0.1) is 28.0 Å². The van der Waals surface area contributed by atoms with Gasteiger partial charge < -0.3 is 4.90 Å². The van der Waals surface area contributed by atoms with Crippen molar-refractivity contribution in [1.82, 2.24) is 24.6 Å². The molecule has 2 aromatic heterocycles. The Bertz CT molecular complexity index is 1280. The number of likely N-dealkylation sites (tertiary alicyclic amines) is 1. The van der Waals surface area contributed by atoms with E-state index in [1.807, 2.05) is 0 Å². The molecule has 2 aliphatic rings. The number of fused-ring (bicyclic) bond motifs is 3. The number of carbonyl (C=O) groups excluding carboxylic acids is 1. The number of hydrogen-bond donors (Lipinski definition) is 0. The van der Waals surface area contributed by atoms with Gasteiger partial charge in [-0.1, -0.05) is 23.2 Å². The molecule has 3 aromatic rings. The van der Waals surface area contributed by atoms with Crippen LogP contribution in [0.25, 0.3) is 5.69 Å². The van der Waals surface area contributed by atoms with Gasteiger partial charge in [-0.15, -0.1) is 5.10 Å². The maximum absolute atomic E-state index is 14.7. The lowest BCUT2D eigenvalue weighted by Gasteiger charge is -2.14. The van der Waals surface area contributed by atoms with Crippen LogP contribution in [-0.2, 0) is 0 Å². The van der Waals surface area contributed by atoms with Crippen molar-refractivity contribution in [2.24, 2.45) is 4.99 Å². The van der Waals surface area contributed by atoms with E-state index in [1.165, 1.54) is 27.9 Å². The minimum absolute atomic E-state index is 0.0114. The van der Waals surface area contributed by atoms with Gasteiger partial charge in [0.15, 0.2) is 11.6 Å². The van der Waals surface area contributed by atoms with Gasteiger partial charge in [0, 0.05) is 18.3 Å². The molecule has 0 unspecified atom stereocenters. The average Bonchev–Trinajstić information content (AvgIpc) is 3.38. The highest BCUT2D eigenvalue weighted by Crippen LogP contribution is 2.37. The number of hydrogen-bond acceptors (Lipinski definition) is 5. The van der Waals surface area contributed by atoms with Crippen LogP contribution in [0.5, 0.6) is 0 Å². The summed E-state index contributed by atoms with van der Waals surface area (Å²) in [5.41, 5.74) is 0.978.